The van der Waals surface area contributed by atoms with Gasteiger partial charge in [-0.2, -0.15) is 0 Å². The first-order valence-corrected chi connectivity index (χ1v) is 6.34. The average Bonchev–Trinajstić information content (AvgIpc) is 2.18. The monoisotopic (exact) mass is 274 g/mol. The molecule has 1 saturated carbocycles. The van der Waals surface area contributed by atoms with Gasteiger partial charge in [-0.1, -0.05) is 0 Å². The standard InChI is InChI=1S/C12H22N2O5/c1-12(2,3)19-11(18)14-8-5-4-7(15)6-9(8)13-10(16)17/h7-9,13,15H,4-6H2,1-3H3,(H,14,18)(H,16,17). The molecule has 3 unspecified atom stereocenters. The lowest BCUT2D eigenvalue weighted by Gasteiger charge is -2.34. The smallest absolute Gasteiger partial charge is 0.407 e. The number of ether oxygens (including phenoxy) is 1. The zero-order valence-electron chi connectivity index (χ0n) is 11.5. The van der Waals surface area contributed by atoms with Gasteiger partial charge in [0.2, 0.25) is 0 Å². The lowest BCUT2D eigenvalue weighted by Crippen LogP contribution is -2.55. The van der Waals surface area contributed by atoms with E-state index in [1.54, 1.807) is 20.8 Å². The van der Waals surface area contributed by atoms with Gasteiger partial charge >= 0.3 is 12.2 Å². The predicted octanol–water partition coefficient (Wildman–Crippen LogP) is 1.06. The predicted molar refractivity (Wildman–Crippen MR) is 68.0 cm³/mol. The number of amides is 2. The van der Waals surface area contributed by atoms with Crippen molar-refractivity contribution in [2.45, 2.75) is 63.8 Å². The van der Waals surface area contributed by atoms with Gasteiger partial charge < -0.3 is 25.6 Å². The van der Waals surface area contributed by atoms with Crippen molar-refractivity contribution in [1.29, 1.82) is 0 Å². The van der Waals surface area contributed by atoms with Crippen LogP contribution in [0, 0.1) is 0 Å². The van der Waals surface area contributed by atoms with E-state index in [9.17, 15) is 14.7 Å². The summed E-state index contributed by atoms with van der Waals surface area (Å²) in [6, 6.07) is -0.872. The molecule has 2 amide bonds. The zero-order chi connectivity index (χ0) is 14.6. The number of nitrogens with one attached hydrogen (secondary N) is 2. The Morgan fingerprint density at radius 2 is 1.79 bits per heavy atom. The molecule has 0 bridgehead atoms. The molecular formula is C12H22N2O5. The molecule has 0 aliphatic heterocycles. The molecule has 0 saturated heterocycles. The minimum absolute atomic E-state index is 0.284. The number of rotatable bonds is 2. The van der Waals surface area contributed by atoms with Gasteiger partial charge in [0.15, 0.2) is 0 Å². The highest BCUT2D eigenvalue weighted by molar-refractivity contribution is 5.69. The first kappa shape index (κ1) is 15.6. The van der Waals surface area contributed by atoms with Crippen LogP contribution in [-0.2, 0) is 4.74 Å². The van der Waals surface area contributed by atoms with Crippen molar-refractivity contribution in [2.75, 3.05) is 0 Å². The lowest BCUT2D eigenvalue weighted by atomic mass is 9.88. The van der Waals surface area contributed by atoms with E-state index < -0.39 is 29.9 Å². The van der Waals surface area contributed by atoms with Gasteiger partial charge in [0, 0.05) is 0 Å². The van der Waals surface area contributed by atoms with Crippen molar-refractivity contribution in [1.82, 2.24) is 10.6 Å². The summed E-state index contributed by atoms with van der Waals surface area (Å²) in [6.07, 6.45) is -0.981. The Bertz CT molecular complexity index is 340. The maximum atomic E-state index is 11.7. The van der Waals surface area contributed by atoms with Crippen molar-refractivity contribution in [3.63, 3.8) is 0 Å². The topological polar surface area (TPSA) is 108 Å². The van der Waals surface area contributed by atoms with E-state index in [-0.39, 0.29) is 12.5 Å². The van der Waals surface area contributed by atoms with Gasteiger partial charge in [-0.25, -0.2) is 9.59 Å². The number of aliphatic hydroxyl groups excluding tert-OH is 1. The Labute approximate surface area is 112 Å². The highest BCUT2D eigenvalue weighted by Crippen LogP contribution is 2.20. The molecule has 0 spiro atoms. The van der Waals surface area contributed by atoms with Crippen LogP contribution in [0.15, 0.2) is 0 Å². The number of carboxylic acid groups (broad SMARTS) is 1. The van der Waals surface area contributed by atoms with Gasteiger partial charge in [-0.05, 0) is 40.0 Å². The van der Waals surface area contributed by atoms with Crippen LogP contribution in [0.5, 0.6) is 0 Å². The summed E-state index contributed by atoms with van der Waals surface area (Å²) in [7, 11) is 0. The molecule has 1 rings (SSSR count). The number of carbonyl (C=O) groups is 2. The van der Waals surface area contributed by atoms with Gasteiger partial charge in [0.05, 0.1) is 18.2 Å². The third-order valence-electron chi connectivity index (χ3n) is 2.83. The third kappa shape index (κ3) is 5.78. The van der Waals surface area contributed by atoms with Gasteiger partial charge in [-0.15, -0.1) is 0 Å². The van der Waals surface area contributed by atoms with E-state index in [1.165, 1.54) is 0 Å². The normalized spacial score (nSPS) is 27.5. The summed E-state index contributed by atoms with van der Waals surface area (Å²) < 4.78 is 5.13. The van der Waals surface area contributed by atoms with Gasteiger partial charge in [0.1, 0.15) is 5.60 Å². The molecule has 3 atom stereocenters. The first-order valence-electron chi connectivity index (χ1n) is 6.34. The molecule has 110 valence electrons. The van der Waals surface area contributed by atoms with Crippen LogP contribution in [0.1, 0.15) is 40.0 Å². The summed E-state index contributed by atoms with van der Waals surface area (Å²) in [5.74, 6) is 0. The summed E-state index contributed by atoms with van der Waals surface area (Å²) in [5, 5.41) is 23.3. The van der Waals surface area contributed by atoms with E-state index in [4.69, 9.17) is 9.84 Å². The fourth-order valence-electron chi connectivity index (χ4n) is 2.10. The Kier molecular flexibility index (Phi) is 4.99. The Hall–Kier alpha value is -1.50. The number of hydrogen-bond acceptors (Lipinski definition) is 4. The molecule has 0 radical (unpaired) electrons. The molecule has 1 fully saturated rings. The molecule has 0 heterocycles. The second-order valence-corrected chi connectivity index (χ2v) is 5.78. The minimum Gasteiger partial charge on any atom is -0.465 e. The minimum atomic E-state index is -1.17. The van der Waals surface area contributed by atoms with Crippen LogP contribution in [0.25, 0.3) is 0 Å². The molecule has 1 aliphatic carbocycles. The van der Waals surface area contributed by atoms with Crippen LogP contribution in [-0.4, -0.2) is 46.2 Å². The maximum absolute atomic E-state index is 11.7. The molecule has 0 aromatic heterocycles. The first-order chi connectivity index (χ1) is 8.67. The lowest BCUT2D eigenvalue weighted by molar-refractivity contribution is 0.0421. The maximum Gasteiger partial charge on any atom is 0.407 e. The van der Waals surface area contributed by atoms with Crippen LogP contribution < -0.4 is 10.6 Å². The van der Waals surface area contributed by atoms with E-state index in [1.807, 2.05) is 0 Å². The summed E-state index contributed by atoms with van der Waals surface area (Å²) >= 11 is 0. The number of carbonyl (C=O) groups excluding carboxylic acids is 1. The van der Waals surface area contributed by atoms with Gasteiger partial charge in [0.25, 0.3) is 0 Å². The van der Waals surface area contributed by atoms with Crippen LogP contribution in [0.3, 0.4) is 0 Å². The Balaban J connectivity index is 2.58. The average molecular weight is 274 g/mol. The van der Waals surface area contributed by atoms with E-state index in [0.717, 1.165) is 0 Å². The second-order valence-electron chi connectivity index (χ2n) is 5.78. The van der Waals surface area contributed by atoms with Crippen LogP contribution >= 0.6 is 0 Å². The number of aliphatic hydroxyl groups is 1. The van der Waals surface area contributed by atoms with Crippen molar-refractivity contribution >= 4 is 12.2 Å². The Morgan fingerprint density at radius 1 is 1.16 bits per heavy atom. The van der Waals surface area contributed by atoms with Crippen molar-refractivity contribution in [3.8, 4) is 0 Å². The highest BCUT2D eigenvalue weighted by atomic mass is 16.6. The second kappa shape index (κ2) is 6.10. The number of alkyl carbamates (subject to hydrolysis) is 1. The van der Waals surface area contributed by atoms with Crippen molar-refractivity contribution in [3.05, 3.63) is 0 Å². The fourth-order valence-corrected chi connectivity index (χ4v) is 2.10. The summed E-state index contributed by atoms with van der Waals surface area (Å²) in [5.41, 5.74) is -0.603. The fraction of sp³-hybridized carbons (Fsp3) is 0.833. The molecule has 0 aromatic carbocycles. The molecule has 0 aromatic rings. The molecular weight excluding hydrogens is 252 g/mol. The molecule has 7 heteroatoms. The molecule has 1 aliphatic rings. The molecule has 19 heavy (non-hydrogen) atoms. The number of hydrogen-bond donors (Lipinski definition) is 4. The highest BCUT2D eigenvalue weighted by Gasteiger charge is 2.32. The summed E-state index contributed by atoms with van der Waals surface area (Å²) in [6.45, 7) is 5.26. The largest absolute Gasteiger partial charge is 0.465 e. The zero-order valence-corrected chi connectivity index (χ0v) is 11.5. The van der Waals surface area contributed by atoms with E-state index in [0.29, 0.717) is 12.8 Å². The Morgan fingerprint density at radius 3 is 2.32 bits per heavy atom. The SMILES string of the molecule is CC(C)(C)OC(=O)NC1CCC(O)CC1NC(=O)O. The van der Waals surface area contributed by atoms with Crippen molar-refractivity contribution < 1.29 is 24.5 Å². The molecule has 7 nitrogen and oxygen atoms in total. The quantitative estimate of drug-likeness (QED) is 0.602. The van der Waals surface area contributed by atoms with E-state index >= 15 is 0 Å². The van der Waals surface area contributed by atoms with E-state index in [2.05, 4.69) is 10.6 Å². The van der Waals surface area contributed by atoms with Crippen molar-refractivity contribution in [2.24, 2.45) is 0 Å². The van der Waals surface area contributed by atoms with Crippen LogP contribution in [0.2, 0.25) is 0 Å². The summed E-state index contributed by atoms with van der Waals surface area (Å²) in [4.78, 5) is 22.4. The third-order valence-corrected chi connectivity index (χ3v) is 2.83. The van der Waals surface area contributed by atoms with Gasteiger partial charge in [-0.3, -0.25) is 0 Å². The van der Waals surface area contributed by atoms with Crippen LogP contribution in [0.4, 0.5) is 9.59 Å². The molecule has 4 N–H and O–H groups in total.